The quantitative estimate of drug-likeness (QED) is 0.832. The molecule has 2 heterocycles. The Balaban J connectivity index is 2.09. The second-order valence-corrected chi connectivity index (χ2v) is 4.52. The average molecular weight is 244 g/mol. The Hall–Kier alpha value is -1.88. The standard InChI is InChI=1S/C13H16N4O/c1-14-12-13(17-7-6-9(18)8-17)16-11-5-3-2-4-10(11)15-12/h2-5,9,18H,6-8H2,1H3,(H,14,15). The van der Waals surface area contributed by atoms with Crippen molar-refractivity contribution in [2.24, 2.45) is 0 Å². The van der Waals surface area contributed by atoms with Gasteiger partial charge in [-0.15, -0.1) is 0 Å². The number of aliphatic hydroxyl groups is 1. The van der Waals surface area contributed by atoms with Gasteiger partial charge in [0.1, 0.15) is 0 Å². The molecule has 1 unspecified atom stereocenters. The summed E-state index contributed by atoms with van der Waals surface area (Å²) in [6.45, 7) is 1.45. The van der Waals surface area contributed by atoms with Crippen molar-refractivity contribution in [1.82, 2.24) is 9.97 Å². The SMILES string of the molecule is CNc1nc2ccccc2nc1N1CCC(O)C1. The number of hydrogen-bond donors (Lipinski definition) is 2. The number of nitrogens with zero attached hydrogens (tertiary/aromatic N) is 3. The van der Waals surface area contributed by atoms with Crippen LogP contribution in [0.3, 0.4) is 0 Å². The van der Waals surface area contributed by atoms with Gasteiger partial charge in [0.05, 0.1) is 17.1 Å². The number of hydrogen-bond acceptors (Lipinski definition) is 5. The Morgan fingerprint density at radius 1 is 1.28 bits per heavy atom. The van der Waals surface area contributed by atoms with Gasteiger partial charge in [0.2, 0.25) is 0 Å². The fraction of sp³-hybridized carbons (Fsp3) is 0.385. The fourth-order valence-corrected chi connectivity index (χ4v) is 2.31. The van der Waals surface area contributed by atoms with Crippen molar-refractivity contribution in [1.29, 1.82) is 0 Å². The smallest absolute Gasteiger partial charge is 0.172 e. The van der Waals surface area contributed by atoms with Gasteiger partial charge < -0.3 is 15.3 Å². The molecule has 0 aliphatic carbocycles. The minimum Gasteiger partial charge on any atom is -0.391 e. The molecule has 5 heteroatoms. The summed E-state index contributed by atoms with van der Waals surface area (Å²) in [7, 11) is 1.84. The van der Waals surface area contributed by atoms with E-state index in [-0.39, 0.29) is 6.10 Å². The van der Waals surface area contributed by atoms with Crippen molar-refractivity contribution < 1.29 is 5.11 Å². The van der Waals surface area contributed by atoms with Gasteiger partial charge in [-0.05, 0) is 18.6 Å². The topological polar surface area (TPSA) is 61.3 Å². The first kappa shape index (κ1) is 11.2. The summed E-state index contributed by atoms with van der Waals surface area (Å²) in [6.07, 6.45) is 0.528. The molecule has 1 aliphatic rings. The van der Waals surface area contributed by atoms with E-state index < -0.39 is 0 Å². The van der Waals surface area contributed by atoms with Crippen molar-refractivity contribution in [3.63, 3.8) is 0 Å². The van der Waals surface area contributed by atoms with Crippen LogP contribution < -0.4 is 10.2 Å². The van der Waals surface area contributed by atoms with E-state index in [9.17, 15) is 5.11 Å². The monoisotopic (exact) mass is 244 g/mol. The predicted octanol–water partition coefficient (Wildman–Crippen LogP) is 1.24. The molecule has 94 valence electrons. The van der Waals surface area contributed by atoms with E-state index in [4.69, 9.17) is 0 Å². The number of benzene rings is 1. The van der Waals surface area contributed by atoms with Gasteiger partial charge in [-0.25, -0.2) is 9.97 Å². The first-order valence-corrected chi connectivity index (χ1v) is 6.15. The largest absolute Gasteiger partial charge is 0.391 e. The highest BCUT2D eigenvalue weighted by Gasteiger charge is 2.24. The van der Waals surface area contributed by atoms with E-state index in [0.717, 1.165) is 35.6 Å². The van der Waals surface area contributed by atoms with E-state index in [1.807, 2.05) is 31.3 Å². The number of aromatic nitrogens is 2. The minimum atomic E-state index is -0.261. The van der Waals surface area contributed by atoms with Crippen LogP contribution in [-0.2, 0) is 0 Å². The van der Waals surface area contributed by atoms with E-state index in [2.05, 4.69) is 20.2 Å². The van der Waals surface area contributed by atoms with Gasteiger partial charge in [-0.1, -0.05) is 12.1 Å². The maximum atomic E-state index is 9.63. The van der Waals surface area contributed by atoms with Gasteiger partial charge in [-0.2, -0.15) is 0 Å². The summed E-state index contributed by atoms with van der Waals surface area (Å²) in [5, 5.41) is 12.7. The van der Waals surface area contributed by atoms with Gasteiger partial charge in [0.15, 0.2) is 11.6 Å². The van der Waals surface area contributed by atoms with E-state index in [1.54, 1.807) is 0 Å². The van der Waals surface area contributed by atoms with Crippen LogP contribution in [0.1, 0.15) is 6.42 Å². The highest BCUT2D eigenvalue weighted by atomic mass is 16.3. The lowest BCUT2D eigenvalue weighted by atomic mass is 10.3. The molecule has 1 atom stereocenters. The van der Waals surface area contributed by atoms with Crippen molar-refractivity contribution >= 4 is 22.7 Å². The Bertz CT molecular complexity index is 572. The molecule has 2 N–H and O–H groups in total. The molecule has 0 bridgehead atoms. The molecule has 0 spiro atoms. The maximum absolute atomic E-state index is 9.63. The lowest BCUT2D eigenvalue weighted by Gasteiger charge is -2.19. The van der Waals surface area contributed by atoms with E-state index >= 15 is 0 Å². The maximum Gasteiger partial charge on any atom is 0.172 e. The third-order valence-corrected chi connectivity index (χ3v) is 3.25. The third kappa shape index (κ3) is 1.86. The zero-order valence-corrected chi connectivity index (χ0v) is 10.3. The van der Waals surface area contributed by atoms with Crippen LogP contribution in [0.2, 0.25) is 0 Å². The first-order valence-electron chi connectivity index (χ1n) is 6.15. The highest BCUT2D eigenvalue weighted by Crippen LogP contribution is 2.27. The molecule has 1 aromatic heterocycles. The van der Waals surface area contributed by atoms with Crippen LogP contribution in [0.25, 0.3) is 11.0 Å². The minimum absolute atomic E-state index is 0.261. The Kier molecular flexibility index (Phi) is 2.76. The van der Waals surface area contributed by atoms with Gasteiger partial charge >= 0.3 is 0 Å². The number of fused-ring (bicyclic) bond motifs is 1. The van der Waals surface area contributed by atoms with Crippen LogP contribution in [0.15, 0.2) is 24.3 Å². The fourth-order valence-electron chi connectivity index (χ4n) is 2.31. The number of rotatable bonds is 2. The number of para-hydroxylation sites is 2. The third-order valence-electron chi connectivity index (χ3n) is 3.25. The number of β-amino-alcohol motifs (C(OH)–C–C–N with tert-alkyl or cyclic N) is 1. The second kappa shape index (κ2) is 4.42. The van der Waals surface area contributed by atoms with Crippen molar-refractivity contribution in [2.45, 2.75) is 12.5 Å². The predicted molar refractivity (Wildman–Crippen MR) is 71.9 cm³/mol. The molecule has 1 aliphatic heterocycles. The van der Waals surface area contributed by atoms with Crippen LogP contribution in [-0.4, -0.2) is 41.3 Å². The second-order valence-electron chi connectivity index (χ2n) is 4.52. The highest BCUT2D eigenvalue weighted by molar-refractivity contribution is 5.80. The lowest BCUT2D eigenvalue weighted by molar-refractivity contribution is 0.198. The van der Waals surface area contributed by atoms with Crippen LogP contribution in [0.5, 0.6) is 0 Å². The van der Waals surface area contributed by atoms with Crippen LogP contribution in [0, 0.1) is 0 Å². The molecule has 0 radical (unpaired) electrons. The average Bonchev–Trinajstić information content (AvgIpc) is 2.83. The molecule has 1 aromatic carbocycles. The Morgan fingerprint density at radius 2 is 2.00 bits per heavy atom. The zero-order valence-electron chi connectivity index (χ0n) is 10.3. The summed E-state index contributed by atoms with van der Waals surface area (Å²) in [5.41, 5.74) is 1.76. The summed E-state index contributed by atoms with van der Waals surface area (Å²) in [6, 6.07) is 7.82. The van der Waals surface area contributed by atoms with Gasteiger partial charge in [0.25, 0.3) is 0 Å². The van der Waals surface area contributed by atoms with Gasteiger partial charge in [-0.3, -0.25) is 0 Å². The summed E-state index contributed by atoms with van der Waals surface area (Å²) in [4.78, 5) is 11.3. The van der Waals surface area contributed by atoms with E-state index in [1.165, 1.54) is 0 Å². The van der Waals surface area contributed by atoms with Crippen molar-refractivity contribution in [2.75, 3.05) is 30.4 Å². The van der Waals surface area contributed by atoms with Crippen LogP contribution in [0.4, 0.5) is 11.6 Å². The number of anilines is 2. The van der Waals surface area contributed by atoms with Crippen LogP contribution >= 0.6 is 0 Å². The molecule has 5 nitrogen and oxygen atoms in total. The Morgan fingerprint density at radius 3 is 2.61 bits per heavy atom. The summed E-state index contributed by atoms with van der Waals surface area (Å²) >= 11 is 0. The molecule has 1 fully saturated rings. The molecular formula is C13H16N4O. The summed E-state index contributed by atoms with van der Waals surface area (Å²) < 4.78 is 0. The van der Waals surface area contributed by atoms with Crippen molar-refractivity contribution in [3.05, 3.63) is 24.3 Å². The molecular weight excluding hydrogens is 228 g/mol. The van der Waals surface area contributed by atoms with Gasteiger partial charge in [0, 0.05) is 20.1 Å². The Labute approximate surface area is 105 Å². The number of aliphatic hydroxyl groups excluding tert-OH is 1. The molecule has 3 rings (SSSR count). The molecule has 1 saturated heterocycles. The normalized spacial score (nSPS) is 19.4. The van der Waals surface area contributed by atoms with Crippen molar-refractivity contribution in [3.8, 4) is 0 Å². The lowest BCUT2D eigenvalue weighted by Crippen LogP contribution is -2.23. The summed E-state index contributed by atoms with van der Waals surface area (Å²) in [5.74, 6) is 1.59. The van der Waals surface area contributed by atoms with E-state index in [0.29, 0.717) is 6.54 Å². The number of nitrogens with one attached hydrogen (secondary N) is 1. The zero-order chi connectivity index (χ0) is 12.5. The first-order chi connectivity index (χ1) is 8.78. The molecule has 18 heavy (non-hydrogen) atoms. The molecule has 0 saturated carbocycles. The molecule has 2 aromatic rings. The molecule has 0 amide bonds.